The Balaban J connectivity index is 2.03. The molecule has 1 aliphatic heterocycles. The fourth-order valence-electron chi connectivity index (χ4n) is 2.22. The molecule has 1 aliphatic rings. The van der Waals surface area contributed by atoms with E-state index in [0.717, 1.165) is 10.6 Å². The van der Waals surface area contributed by atoms with E-state index >= 15 is 0 Å². The maximum absolute atomic E-state index is 12.6. The fourth-order valence-corrected chi connectivity index (χ4v) is 3.21. The number of hydrogen-bond acceptors (Lipinski definition) is 3. The minimum absolute atomic E-state index is 0.211. The first-order chi connectivity index (χ1) is 10.2. The molecule has 2 aromatic rings. The van der Waals surface area contributed by atoms with Gasteiger partial charge in [0.15, 0.2) is 5.78 Å². The highest BCUT2D eigenvalue weighted by Gasteiger charge is 2.26. The highest BCUT2D eigenvalue weighted by Crippen LogP contribution is 2.37. The molecule has 104 valence electrons. The highest BCUT2D eigenvalue weighted by atomic mass is 32.2. The van der Waals surface area contributed by atoms with Crippen molar-refractivity contribution in [1.29, 1.82) is 0 Å². The Bertz CT molecular complexity index is 750. The third-order valence-corrected chi connectivity index (χ3v) is 4.33. The van der Waals surface area contributed by atoms with Gasteiger partial charge in [0.25, 0.3) is 5.91 Å². The van der Waals surface area contributed by atoms with Gasteiger partial charge in [-0.25, -0.2) is 0 Å². The first kappa shape index (κ1) is 13.6. The number of fused-ring (bicyclic) bond motifs is 1. The lowest BCUT2D eigenvalue weighted by atomic mass is 10.0. The van der Waals surface area contributed by atoms with E-state index in [4.69, 9.17) is 0 Å². The number of hydrogen-bond donors (Lipinski definition) is 1. The number of rotatable bonds is 2. The third kappa shape index (κ3) is 2.62. The van der Waals surface area contributed by atoms with Crippen LogP contribution in [0.1, 0.15) is 17.3 Å². The molecule has 0 spiro atoms. The first-order valence-electron chi connectivity index (χ1n) is 6.55. The van der Waals surface area contributed by atoms with Crippen molar-refractivity contribution in [1.82, 2.24) is 0 Å². The molecule has 0 aromatic heterocycles. The van der Waals surface area contributed by atoms with E-state index in [2.05, 4.69) is 5.32 Å². The molecule has 0 aliphatic carbocycles. The van der Waals surface area contributed by atoms with Crippen LogP contribution in [-0.2, 0) is 4.79 Å². The van der Waals surface area contributed by atoms with Crippen LogP contribution in [0.2, 0.25) is 0 Å². The summed E-state index contributed by atoms with van der Waals surface area (Å²) in [6.07, 6.45) is 0. The average Bonchev–Trinajstić information content (AvgIpc) is 2.62. The molecule has 0 saturated heterocycles. The number of benzene rings is 2. The number of allylic oxidation sites excluding steroid dienone is 1. The van der Waals surface area contributed by atoms with Gasteiger partial charge in [-0.15, -0.1) is 0 Å². The van der Waals surface area contributed by atoms with Gasteiger partial charge in [-0.3, -0.25) is 9.59 Å². The summed E-state index contributed by atoms with van der Waals surface area (Å²) >= 11 is 1.44. The van der Waals surface area contributed by atoms with Gasteiger partial charge >= 0.3 is 0 Å². The van der Waals surface area contributed by atoms with E-state index in [1.807, 2.05) is 37.3 Å². The smallest absolute Gasteiger partial charge is 0.260 e. The average molecular weight is 295 g/mol. The van der Waals surface area contributed by atoms with Crippen molar-refractivity contribution in [2.75, 3.05) is 5.32 Å². The molecule has 0 saturated carbocycles. The molecule has 2 aromatic carbocycles. The predicted octanol–water partition coefficient (Wildman–Crippen LogP) is 3.89. The summed E-state index contributed by atoms with van der Waals surface area (Å²) in [6.45, 7) is 1.81. The van der Waals surface area contributed by atoms with Crippen molar-refractivity contribution in [3.8, 4) is 0 Å². The molecular formula is C17H13NO2S. The van der Waals surface area contributed by atoms with E-state index in [0.29, 0.717) is 10.5 Å². The van der Waals surface area contributed by atoms with E-state index in [1.54, 1.807) is 24.3 Å². The molecular weight excluding hydrogens is 282 g/mol. The molecule has 0 atom stereocenters. The van der Waals surface area contributed by atoms with Gasteiger partial charge < -0.3 is 5.32 Å². The largest absolute Gasteiger partial charge is 0.321 e. The molecule has 0 fully saturated rings. The van der Waals surface area contributed by atoms with Crippen molar-refractivity contribution in [3.63, 3.8) is 0 Å². The maximum atomic E-state index is 12.6. The molecule has 0 radical (unpaired) electrons. The van der Waals surface area contributed by atoms with Crippen LogP contribution in [0.5, 0.6) is 0 Å². The number of para-hydroxylation sites is 1. The Kier molecular flexibility index (Phi) is 3.62. The zero-order valence-electron chi connectivity index (χ0n) is 11.4. The Morgan fingerprint density at radius 2 is 1.67 bits per heavy atom. The second-order valence-corrected chi connectivity index (χ2v) is 5.94. The molecule has 21 heavy (non-hydrogen) atoms. The van der Waals surface area contributed by atoms with Crippen LogP contribution in [0.25, 0.3) is 0 Å². The SMILES string of the molecule is CC1=C(C(=O)c2ccccc2)C(=O)Nc2ccccc2S1. The van der Waals surface area contributed by atoms with Gasteiger partial charge in [0.05, 0.1) is 11.3 Å². The summed E-state index contributed by atoms with van der Waals surface area (Å²) in [6, 6.07) is 16.4. The highest BCUT2D eigenvalue weighted by molar-refractivity contribution is 8.03. The monoisotopic (exact) mass is 295 g/mol. The van der Waals surface area contributed by atoms with Crippen molar-refractivity contribution in [2.45, 2.75) is 11.8 Å². The van der Waals surface area contributed by atoms with Gasteiger partial charge in [-0.2, -0.15) is 0 Å². The number of nitrogens with one attached hydrogen (secondary N) is 1. The number of thioether (sulfide) groups is 1. The van der Waals surface area contributed by atoms with Crippen molar-refractivity contribution in [2.24, 2.45) is 0 Å². The van der Waals surface area contributed by atoms with Gasteiger partial charge in [0.1, 0.15) is 0 Å². The lowest BCUT2D eigenvalue weighted by Crippen LogP contribution is -2.20. The van der Waals surface area contributed by atoms with Crippen LogP contribution in [0.4, 0.5) is 5.69 Å². The first-order valence-corrected chi connectivity index (χ1v) is 7.37. The van der Waals surface area contributed by atoms with E-state index in [1.165, 1.54) is 11.8 Å². The molecule has 1 amide bonds. The zero-order valence-corrected chi connectivity index (χ0v) is 12.2. The Hall–Kier alpha value is -2.33. The van der Waals surface area contributed by atoms with Crippen LogP contribution in [-0.4, -0.2) is 11.7 Å². The second kappa shape index (κ2) is 5.58. The molecule has 3 nitrogen and oxygen atoms in total. The number of Topliss-reactive ketones (excluding diaryl/α,β-unsaturated/α-hetero) is 1. The third-order valence-electron chi connectivity index (χ3n) is 3.24. The minimum atomic E-state index is -0.348. The lowest BCUT2D eigenvalue weighted by Gasteiger charge is -2.07. The standard InChI is InChI=1S/C17H13NO2S/c1-11-15(16(19)12-7-3-2-4-8-12)17(20)18-13-9-5-6-10-14(13)21-11/h2-10H,1H3,(H,18,20). The Labute approximate surface area is 127 Å². The summed E-state index contributed by atoms with van der Waals surface area (Å²) in [5.41, 5.74) is 1.47. The Morgan fingerprint density at radius 3 is 2.43 bits per heavy atom. The number of amides is 1. The van der Waals surface area contributed by atoms with Gasteiger partial charge in [0, 0.05) is 15.4 Å². The van der Waals surface area contributed by atoms with Gasteiger partial charge in [0.2, 0.25) is 0 Å². The number of carbonyl (C=O) groups excluding carboxylic acids is 2. The van der Waals surface area contributed by atoms with Crippen LogP contribution < -0.4 is 5.32 Å². The summed E-state index contributed by atoms with van der Waals surface area (Å²) in [5.74, 6) is -0.593. The van der Waals surface area contributed by atoms with Crippen LogP contribution in [0.15, 0.2) is 70.0 Å². The number of ketones is 1. The molecule has 3 rings (SSSR count). The van der Waals surface area contributed by atoms with Crippen LogP contribution in [0.3, 0.4) is 0 Å². The second-order valence-electron chi connectivity index (χ2n) is 4.68. The number of carbonyl (C=O) groups is 2. The summed E-state index contributed by atoms with van der Waals surface area (Å²) in [4.78, 5) is 26.6. The predicted molar refractivity (Wildman–Crippen MR) is 84.4 cm³/mol. The molecule has 1 N–H and O–H groups in total. The van der Waals surface area contributed by atoms with E-state index in [9.17, 15) is 9.59 Å². The van der Waals surface area contributed by atoms with Crippen molar-refractivity contribution in [3.05, 3.63) is 70.6 Å². The molecule has 0 bridgehead atoms. The lowest BCUT2D eigenvalue weighted by molar-refractivity contribution is -0.112. The van der Waals surface area contributed by atoms with Crippen LogP contribution >= 0.6 is 11.8 Å². The molecule has 4 heteroatoms. The summed E-state index contributed by atoms with van der Waals surface area (Å²) in [7, 11) is 0. The number of anilines is 1. The van der Waals surface area contributed by atoms with E-state index < -0.39 is 0 Å². The van der Waals surface area contributed by atoms with Crippen molar-refractivity contribution >= 4 is 29.1 Å². The summed E-state index contributed by atoms with van der Waals surface area (Å²) in [5, 5.41) is 2.82. The van der Waals surface area contributed by atoms with E-state index in [-0.39, 0.29) is 17.3 Å². The topological polar surface area (TPSA) is 46.2 Å². The fraction of sp³-hybridized carbons (Fsp3) is 0.0588. The maximum Gasteiger partial charge on any atom is 0.260 e. The molecule has 0 unspecified atom stereocenters. The Morgan fingerprint density at radius 1 is 1.00 bits per heavy atom. The van der Waals surface area contributed by atoms with Crippen LogP contribution in [0, 0.1) is 0 Å². The van der Waals surface area contributed by atoms with Gasteiger partial charge in [-0.1, -0.05) is 54.2 Å². The zero-order chi connectivity index (χ0) is 14.8. The summed E-state index contributed by atoms with van der Waals surface area (Å²) < 4.78 is 0. The van der Waals surface area contributed by atoms with Crippen molar-refractivity contribution < 1.29 is 9.59 Å². The van der Waals surface area contributed by atoms with Gasteiger partial charge in [-0.05, 0) is 19.1 Å². The minimum Gasteiger partial charge on any atom is -0.321 e. The molecule has 1 heterocycles. The normalized spacial score (nSPS) is 14.2. The quantitative estimate of drug-likeness (QED) is 0.675.